The summed E-state index contributed by atoms with van der Waals surface area (Å²) in [5.41, 5.74) is -0.959. The molecular formula is C14H11F5N4S. The maximum absolute atomic E-state index is 13.6. The van der Waals surface area contributed by atoms with Gasteiger partial charge in [-0.15, -0.1) is 0 Å². The molecule has 4 nitrogen and oxygen atoms in total. The zero-order chi connectivity index (χ0) is 17.4. The number of rotatable bonds is 4. The number of nitrogens with one attached hydrogen (secondary N) is 2. The number of hydrogen-bond donors (Lipinski definition) is 2. The lowest BCUT2D eigenvalue weighted by atomic mass is 10.1. The summed E-state index contributed by atoms with van der Waals surface area (Å²) >= 11 is 5.05. The Morgan fingerprint density at radius 1 is 1.08 bits per heavy atom. The molecule has 1 aliphatic rings. The highest BCUT2D eigenvalue weighted by Gasteiger charge is 2.26. The van der Waals surface area contributed by atoms with Gasteiger partial charge in [-0.2, -0.15) is 5.10 Å². The van der Waals surface area contributed by atoms with Gasteiger partial charge in [0.1, 0.15) is 0 Å². The fourth-order valence-electron chi connectivity index (χ4n) is 2.03. The molecule has 0 unspecified atom stereocenters. The molecule has 0 spiro atoms. The summed E-state index contributed by atoms with van der Waals surface area (Å²) < 4.78 is 67.7. The number of aromatic nitrogens is 2. The second kappa shape index (κ2) is 6.34. The van der Waals surface area contributed by atoms with Gasteiger partial charge in [-0.05, 0) is 25.1 Å². The van der Waals surface area contributed by atoms with E-state index in [1.54, 1.807) is 0 Å². The molecule has 128 valence electrons. The van der Waals surface area contributed by atoms with Crippen molar-refractivity contribution in [1.29, 1.82) is 0 Å². The first kappa shape index (κ1) is 16.6. The minimum atomic E-state index is -2.19. The monoisotopic (exact) mass is 362 g/mol. The molecule has 0 aliphatic heterocycles. The summed E-state index contributed by atoms with van der Waals surface area (Å²) in [5.74, 6) is -9.61. The first-order chi connectivity index (χ1) is 11.4. The van der Waals surface area contributed by atoms with Gasteiger partial charge in [0.15, 0.2) is 34.2 Å². The van der Waals surface area contributed by atoms with Gasteiger partial charge < -0.3 is 10.6 Å². The molecule has 3 rings (SSSR count). The molecule has 2 aromatic rings. The van der Waals surface area contributed by atoms with Crippen molar-refractivity contribution in [3.05, 3.63) is 46.9 Å². The van der Waals surface area contributed by atoms with Gasteiger partial charge in [0.25, 0.3) is 0 Å². The number of anilines is 1. The molecule has 2 N–H and O–H groups in total. The lowest BCUT2D eigenvalue weighted by molar-refractivity contribution is 0.367. The van der Waals surface area contributed by atoms with Gasteiger partial charge in [-0.1, -0.05) is 0 Å². The first-order valence-electron chi connectivity index (χ1n) is 6.98. The molecule has 0 radical (unpaired) electrons. The van der Waals surface area contributed by atoms with Crippen LogP contribution in [0.25, 0.3) is 0 Å². The van der Waals surface area contributed by atoms with Crippen LogP contribution in [0.4, 0.5) is 27.8 Å². The average molecular weight is 362 g/mol. The summed E-state index contributed by atoms with van der Waals surface area (Å²) in [4.78, 5) is 0. The average Bonchev–Trinajstić information content (AvgIpc) is 3.25. The summed E-state index contributed by atoms with van der Waals surface area (Å²) in [6.07, 6.45) is 3.38. The second-order valence-electron chi connectivity index (χ2n) is 5.32. The molecule has 24 heavy (non-hydrogen) atoms. The highest BCUT2D eigenvalue weighted by molar-refractivity contribution is 7.80. The molecule has 0 saturated heterocycles. The molecule has 1 aromatic heterocycles. The molecule has 1 aromatic carbocycles. The Balaban J connectivity index is 1.76. The van der Waals surface area contributed by atoms with Gasteiger partial charge >= 0.3 is 0 Å². The lowest BCUT2D eigenvalue weighted by Crippen LogP contribution is -2.30. The van der Waals surface area contributed by atoms with Crippen LogP contribution < -0.4 is 10.6 Å². The normalized spacial score (nSPS) is 13.9. The van der Waals surface area contributed by atoms with Crippen LogP contribution in [0.2, 0.25) is 0 Å². The van der Waals surface area contributed by atoms with Crippen molar-refractivity contribution in [2.24, 2.45) is 0 Å². The maximum atomic E-state index is 13.6. The molecule has 10 heteroatoms. The van der Waals surface area contributed by atoms with E-state index in [1.807, 2.05) is 0 Å². The van der Waals surface area contributed by atoms with Crippen LogP contribution in [0.3, 0.4) is 0 Å². The molecule has 0 amide bonds. The largest absolute Gasteiger partial charge is 0.360 e. The lowest BCUT2D eigenvalue weighted by Gasteiger charge is -2.09. The van der Waals surface area contributed by atoms with Crippen molar-refractivity contribution >= 4 is 23.1 Å². The number of nitrogens with zero attached hydrogens (tertiary/aromatic N) is 2. The zero-order valence-corrected chi connectivity index (χ0v) is 12.9. The van der Waals surface area contributed by atoms with E-state index < -0.39 is 41.2 Å². The number of benzene rings is 1. The van der Waals surface area contributed by atoms with Gasteiger partial charge in [0.05, 0.1) is 12.1 Å². The van der Waals surface area contributed by atoms with Crippen molar-refractivity contribution in [2.75, 3.05) is 5.32 Å². The van der Waals surface area contributed by atoms with Crippen molar-refractivity contribution in [3.63, 3.8) is 0 Å². The van der Waals surface area contributed by atoms with E-state index in [0.29, 0.717) is 11.2 Å². The van der Waals surface area contributed by atoms with Gasteiger partial charge in [-0.3, -0.25) is 4.68 Å². The number of hydrogen-bond acceptors (Lipinski definition) is 2. The summed E-state index contributed by atoms with van der Waals surface area (Å²) in [5, 5.41) is 10.1. The van der Waals surface area contributed by atoms with E-state index in [4.69, 9.17) is 12.2 Å². The van der Waals surface area contributed by atoms with Gasteiger partial charge in [0, 0.05) is 18.3 Å². The predicted molar refractivity (Wildman–Crippen MR) is 79.9 cm³/mol. The van der Waals surface area contributed by atoms with Crippen molar-refractivity contribution in [1.82, 2.24) is 15.1 Å². The topological polar surface area (TPSA) is 41.9 Å². The maximum Gasteiger partial charge on any atom is 0.200 e. The molecule has 1 saturated carbocycles. The van der Waals surface area contributed by atoms with Crippen molar-refractivity contribution in [3.8, 4) is 0 Å². The standard InChI is InChI=1S/C14H11F5N4S/c15-9-7(10(16)12(18)13(19)11(9)17)5-23-4-3-8(22-23)21-14(24)20-6-1-2-6/h3-4,6H,1-2,5H2,(H2,20,21,22,24). The van der Waals surface area contributed by atoms with Crippen LogP contribution >= 0.6 is 12.2 Å². The van der Waals surface area contributed by atoms with Crippen LogP contribution in [0.1, 0.15) is 18.4 Å². The first-order valence-corrected chi connectivity index (χ1v) is 7.39. The third-order valence-corrected chi connectivity index (χ3v) is 3.64. The van der Waals surface area contributed by atoms with E-state index >= 15 is 0 Å². The Morgan fingerprint density at radius 3 is 2.25 bits per heavy atom. The summed E-state index contributed by atoms with van der Waals surface area (Å²) in [7, 11) is 0. The van der Waals surface area contributed by atoms with E-state index in [0.717, 1.165) is 17.5 Å². The smallest absolute Gasteiger partial charge is 0.200 e. The highest BCUT2D eigenvalue weighted by Crippen LogP contribution is 2.24. The highest BCUT2D eigenvalue weighted by atomic mass is 32.1. The van der Waals surface area contributed by atoms with Crippen LogP contribution in [0, 0.1) is 29.1 Å². The minimum absolute atomic E-state index is 0.289. The Labute approximate surface area is 138 Å². The van der Waals surface area contributed by atoms with Gasteiger partial charge in [0.2, 0.25) is 5.82 Å². The van der Waals surface area contributed by atoms with E-state index in [2.05, 4.69) is 15.7 Å². The van der Waals surface area contributed by atoms with Crippen molar-refractivity contribution < 1.29 is 22.0 Å². The van der Waals surface area contributed by atoms with Crippen LogP contribution in [0.15, 0.2) is 12.3 Å². The fraction of sp³-hybridized carbons (Fsp3) is 0.286. The number of thiocarbonyl (C=S) groups is 1. The second-order valence-corrected chi connectivity index (χ2v) is 5.73. The van der Waals surface area contributed by atoms with E-state index in [9.17, 15) is 22.0 Å². The Hall–Kier alpha value is -2.23. The molecular weight excluding hydrogens is 351 g/mol. The molecule has 1 heterocycles. The summed E-state index contributed by atoms with van der Waals surface area (Å²) in [6, 6.07) is 1.80. The molecule has 0 bridgehead atoms. The zero-order valence-electron chi connectivity index (χ0n) is 12.0. The number of halogens is 5. The Kier molecular flexibility index (Phi) is 4.39. The quantitative estimate of drug-likeness (QED) is 0.380. The van der Waals surface area contributed by atoms with Crippen LogP contribution in [-0.4, -0.2) is 20.9 Å². The predicted octanol–water partition coefficient (Wildman–Crippen LogP) is 3.08. The third-order valence-electron chi connectivity index (χ3n) is 3.42. The van der Waals surface area contributed by atoms with Crippen LogP contribution in [0.5, 0.6) is 0 Å². The van der Waals surface area contributed by atoms with Gasteiger partial charge in [-0.25, -0.2) is 22.0 Å². The molecule has 1 aliphatic carbocycles. The summed E-state index contributed by atoms with van der Waals surface area (Å²) in [6.45, 7) is -0.615. The Morgan fingerprint density at radius 2 is 1.67 bits per heavy atom. The molecule has 0 atom stereocenters. The van der Waals surface area contributed by atoms with Crippen molar-refractivity contribution in [2.45, 2.75) is 25.4 Å². The minimum Gasteiger partial charge on any atom is -0.360 e. The SMILES string of the molecule is Fc1c(F)c(F)c(Cn2ccc(NC(=S)NC3CC3)n2)c(F)c1F. The van der Waals surface area contributed by atoms with E-state index in [1.165, 1.54) is 12.3 Å². The van der Waals surface area contributed by atoms with Crippen LogP contribution in [-0.2, 0) is 6.54 Å². The van der Waals surface area contributed by atoms with E-state index in [-0.39, 0.29) is 5.82 Å². The fourth-order valence-corrected chi connectivity index (χ4v) is 2.30. The Bertz CT molecular complexity index is 774. The molecule has 1 fully saturated rings. The third kappa shape index (κ3) is 3.32.